The lowest BCUT2D eigenvalue weighted by atomic mass is 10.1. The normalized spacial score (nSPS) is 9.57. The Morgan fingerprint density at radius 3 is 2.38 bits per heavy atom. The van der Waals surface area contributed by atoms with Crippen molar-refractivity contribution in [2.24, 2.45) is 0 Å². The summed E-state index contributed by atoms with van der Waals surface area (Å²) in [7, 11) is 1.60. The Balaban J connectivity index is 0.00000106. The van der Waals surface area contributed by atoms with Crippen LogP contribution in [0.3, 0.4) is 0 Å². The number of methoxy groups -OCH3 is 1. The van der Waals surface area contributed by atoms with Crippen molar-refractivity contribution in [1.82, 2.24) is 5.16 Å². The Labute approximate surface area is 124 Å². The van der Waals surface area contributed by atoms with Gasteiger partial charge in [-0.3, -0.25) is 0 Å². The highest BCUT2D eigenvalue weighted by molar-refractivity contribution is 5.97. The lowest BCUT2D eigenvalue weighted by molar-refractivity contribution is 0.0525. The number of ether oxygens (including phenoxy) is 2. The van der Waals surface area contributed by atoms with E-state index in [1.165, 1.54) is 0 Å². The molecule has 0 unspecified atom stereocenters. The summed E-state index contributed by atoms with van der Waals surface area (Å²) in [6, 6.07) is 7.24. The number of nitrogens with zero attached hydrogens (tertiary/aromatic N) is 1. The molecule has 0 aliphatic rings. The molecule has 0 aliphatic heterocycles. The molecule has 0 spiro atoms. The lowest BCUT2D eigenvalue weighted by Gasteiger charge is -2.03. The third kappa shape index (κ3) is 3.84. The first-order valence-electron chi connectivity index (χ1n) is 6.95. The summed E-state index contributed by atoms with van der Waals surface area (Å²) in [4.78, 5) is 11.9. The van der Waals surface area contributed by atoms with Crippen LogP contribution in [-0.4, -0.2) is 24.8 Å². The van der Waals surface area contributed by atoms with Crippen LogP contribution in [0.15, 0.2) is 28.8 Å². The third-order valence-electron chi connectivity index (χ3n) is 2.71. The zero-order valence-electron chi connectivity index (χ0n) is 13.1. The molecule has 1 aromatic heterocycles. The summed E-state index contributed by atoms with van der Waals surface area (Å²) in [6.07, 6.45) is 0. The van der Waals surface area contributed by atoms with Crippen LogP contribution in [0.2, 0.25) is 0 Å². The van der Waals surface area contributed by atoms with Gasteiger partial charge in [0.15, 0.2) is 0 Å². The molecule has 0 bridgehead atoms. The van der Waals surface area contributed by atoms with Crippen molar-refractivity contribution in [3.05, 3.63) is 35.6 Å². The molecule has 1 aromatic carbocycles. The van der Waals surface area contributed by atoms with E-state index in [-0.39, 0.29) is 0 Å². The Hall–Kier alpha value is -2.30. The summed E-state index contributed by atoms with van der Waals surface area (Å²) < 4.78 is 15.2. The third-order valence-corrected chi connectivity index (χ3v) is 2.71. The molecule has 0 fully saturated rings. The molecule has 5 nitrogen and oxygen atoms in total. The molecule has 0 aliphatic carbocycles. The number of hydrogen-bond acceptors (Lipinski definition) is 5. The van der Waals surface area contributed by atoms with Gasteiger partial charge in [0.05, 0.1) is 13.7 Å². The van der Waals surface area contributed by atoms with Crippen LogP contribution >= 0.6 is 0 Å². The van der Waals surface area contributed by atoms with Crippen molar-refractivity contribution in [3.8, 4) is 17.0 Å². The standard InChI is InChI=1S/C14H15NO4.C2H6/c1-4-18-14(16)12-9(2)19-15-13(12)10-5-7-11(17-3)8-6-10;1-2/h5-8H,4H2,1-3H3;1-2H3. The SMILES string of the molecule is CC.CCOC(=O)c1c(-c2ccc(OC)cc2)noc1C. The van der Waals surface area contributed by atoms with E-state index in [0.29, 0.717) is 23.6 Å². The first-order valence-corrected chi connectivity index (χ1v) is 6.95. The maximum absolute atomic E-state index is 11.9. The highest BCUT2D eigenvalue weighted by Crippen LogP contribution is 2.27. The first kappa shape index (κ1) is 16.8. The van der Waals surface area contributed by atoms with Gasteiger partial charge in [0.1, 0.15) is 22.8 Å². The zero-order chi connectivity index (χ0) is 15.8. The lowest BCUT2D eigenvalue weighted by Crippen LogP contribution is -2.06. The van der Waals surface area contributed by atoms with Gasteiger partial charge in [-0.25, -0.2) is 4.79 Å². The van der Waals surface area contributed by atoms with Crippen LogP contribution in [0.4, 0.5) is 0 Å². The number of benzene rings is 1. The number of carbonyl (C=O) groups is 1. The Morgan fingerprint density at radius 1 is 1.24 bits per heavy atom. The molecule has 0 saturated carbocycles. The van der Waals surface area contributed by atoms with E-state index < -0.39 is 5.97 Å². The smallest absolute Gasteiger partial charge is 0.344 e. The van der Waals surface area contributed by atoms with Crippen molar-refractivity contribution in [2.45, 2.75) is 27.7 Å². The van der Waals surface area contributed by atoms with Gasteiger partial charge < -0.3 is 14.0 Å². The molecule has 114 valence electrons. The number of hydrogen-bond donors (Lipinski definition) is 0. The van der Waals surface area contributed by atoms with Crippen LogP contribution in [0.1, 0.15) is 36.9 Å². The fourth-order valence-electron chi connectivity index (χ4n) is 1.76. The second-order valence-electron chi connectivity index (χ2n) is 3.91. The van der Waals surface area contributed by atoms with E-state index in [1.54, 1.807) is 33.1 Å². The van der Waals surface area contributed by atoms with Crippen molar-refractivity contribution < 1.29 is 18.8 Å². The first-order chi connectivity index (χ1) is 10.2. The predicted molar refractivity (Wildman–Crippen MR) is 80.5 cm³/mol. The minimum atomic E-state index is -0.424. The summed E-state index contributed by atoms with van der Waals surface area (Å²) in [6.45, 7) is 7.76. The van der Waals surface area contributed by atoms with Crippen LogP contribution in [0.25, 0.3) is 11.3 Å². The topological polar surface area (TPSA) is 61.6 Å². The second-order valence-corrected chi connectivity index (χ2v) is 3.91. The summed E-state index contributed by atoms with van der Waals surface area (Å²) in [5, 5.41) is 3.93. The molecule has 2 rings (SSSR count). The molecule has 0 atom stereocenters. The zero-order valence-corrected chi connectivity index (χ0v) is 13.1. The molecule has 2 aromatic rings. The molecule has 0 amide bonds. The van der Waals surface area contributed by atoms with Crippen molar-refractivity contribution in [2.75, 3.05) is 13.7 Å². The summed E-state index contributed by atoms with van der Waals surface area (Å²) in [5.41, 5.74) is 1.63. The van der Waals surface area contributed by atoms with Gasteiger partial charge >= 0.3 is 5.97 Å². The van der Waals surface area contributed by atoms with Crippen LogP contribution in [-0.2, 0) is 4.74 Å². The average Bonchev–Trinajstić information content (AvgIpc) is 2.91. The van der Waals surface area contributed by atoms with Gasteiger partial charge in [0.25, 0.3) is 0 Å². The Kier molecular flexibility index (Phi) is 6.46. The minimum Gasteiger partial charge on any atom is -0.497 e. The number of aromatic nitrogens is 1. The van der Waals surface area contributed by atoms with E-state index in [0.717, 1.165) is 11.3 Å². The maximum atomic E-state index is 11.9. The molecule has 1 heterocycles. The molecule has 0 saturated heterocycles. The molecule has 0 radical (unpaired) electrons. The largest absolute Gasteiger partial charge is 0.497 e. The monoisotopic (exact) mass is 291 g/mol. The van der Waals surface area contributed by atoms with E-state index in [9.17, 15) is 4.79 Å². The molecule has 0 N–H and O–H groups in total. The van der Waals surface area contributed by atoms with Crippen LogP contribution in [0.5, 0.6) is 5.75 Å². The number of carbonyl (C=O) groups excluding carboxylic acids is 1. The van der Waals surface area contributed by atoms with Gasteiger partial charge in [-0.2, -0.15) is 0 Å². The van der Waals surface area contributed by atoms with Crippen LogP contribution < -0.4 is 4.74 Å². The highest BCUT2D eigenvalue weighted by atomic mass is 16.5. The van der Waals surface area contributed by atoms with Gasteiger partial charge in [-0.15, -0.1) is 0 Å². The maximum Gasteiger partial charge on any atom is 0.344 e. The Morgan fingerprint density at radius 2 is 1.86 bits per heavy atom. The van der Waals surface area contributed by atoms with Gasteiger partial charge in [-0.05, 0) is 38.1 Å². The van der Waals surface area contributed by atoms with Crippen molar-refractivity contribution in [3.63, 3.8) is 0 Å². The number of aryl methyl sites for hydroxylation is 1. The van der Waals surface area contributed by atoms with E-state index >= 15 is 0 Å². The fourth-order valence-corrected chi connectivity index (χ4v) is 1.76. The number of esters is 1. The predicted octanol–water partition coefficient (Wildman–Crippen LogP) is 3.86. The molecular formula is C16H21NO4. The molecule has 5 heteroatoms. The van der Waals surface area contributed by atoms with E-state index in [4.69, 9.17) is 14.0 Å². The average molecular weight is 291 g/mol. The fraction of sp³-hybridized carbons (Fsp3) is 0.375. The summed E-state index contributed by atoms with van der Waals surface area (Å²) in [5.74, 6) is 0.762. The molecule has 21 heavy (non-hydrogen) atoms. The second kappa shape index (κ2) is 8.09. The molecular weight excluding hydrogens is 270 g/mol. The van der Waals surface area contributed by atoms with Crippen LogP contribution in [0, 0.1) is 6.92 Å². The van der Waals surface area contributed by atoms with E-state index in [2.05, 4.69) is 5.16 Å². The highest BCUT2D eigenvalue weighted by Gasteiger charge is 2.22. The van der Waals surface area contributed by atoms with Gasteiger partial charge in [0, 0.05) is 5.56 Å². The Bertz CT molecular complexity index is 572. The van der Waals surface area contributed by atoms with Gasteiger partial charge in [-0.1, -0.05) is 19.0 Å². The van der Waals surface area contributed by atoms with E-state index in [1.807, 2.05) is 26.0 Å². The minimum absolute atomic E-state index is 0.311. The summed E-state index contributed by atoms with van der Waals surface area (Å²) >= 11 is 0. The van der Waals surface area contributed by atoms with Crippen molar-refractivity contribution >= 4 is 5.97 Å². The van der Waals surface area contributed by atoms with Crippen molar-refractivity contribution in [1.29, 1.82) is 0 Å². The quantitative estimate of drug-likeness (QED) is 0.800. The number of rotatable bonds is 4. The van der Waals surface area contributed by atoms with Gasteiger partial charge in [0.2, 0.25) is 0 Å².